The van der Waals surface area contributed by atoms with Crippen molar-refractivity contribution in [2.24, 2.45) is 4.99 Å². The summed E-state index contributed by atoms with van der Waals surface area (Å²) in [6.07, 6.45) is 1.74. The molecule has 168 valence electrons. The van der Waals surface area contributed by atoms with Gasteiger partial charge in [-0.3, -0.25) is 9.69 Å². The van der Waals surface area contributed by atoms with Crippen LogP contribution in [0.15, 0.2) is 75.8 Å². The summed E-state index contributed by atoms with van der Waals surface area (Å²) in [6, 6.07) is 18.7. The van der Waals surface area contributed by atoms with Gasteiger partial charge in [0.15, 0.2) is 11.5 Å². The summed E-state index contributed by atoms with van der Waals surface area (Å²) in [5.41, 5.74) is 3.54. The maximum absolute atomic E-state index is 13.6. The number of aliphatic imine (C=N–C) groups is 1. The zero-order valence-electron chi connectivity index (χ0n) is 18.8. The molecule has 33 heavy (non-hydrogen) atoms. The minimum absolute atomic E-state index is 0.229. The summed E-state index contributed by atoms with van der Waals surface area (Å²) in [7, 11) is 4.76. The average Bonchev–Trinajstić information content (AvgIpc) is 3.16. The van der Waals surface area contributed by atoms with Crippen LogP contribution >= 0.6 is 15.9 Å². The number of carbonyl (C=O) groups excluding carboxylic acids is 1. The number of hydrogen-bond donors (Lipinski definition) is 0. The number of halogens is 1. The van der Waals surface area contributed by atoms with Gasteiger partial charge >= 0.3 is 0 Å². The highest BCUT2D eigenvalue weighted by molar-refractivity contribution is 9.10. The van der Waals surface area contributed by atoms with Gasteiger partial charge in [-0.2, -0.15) is 0 Å². The molecular formula is C26H23BrN2O4. The fourth-order valence-corrected chi connectivity index (χ4v) is 3.87. The Morgan fingerprint density at radius 2 is 1.61 bits per heavy atom. The zero-order chi connectivity index (χ0) is 23.5. The number of nitrogens with zero attached hydrogens (tertiary/aromatic N) is 2. The number of ether oxygens (including phenoxy) is 3. The van der Waals surface area contributed by atoms with Crippen LogP contribution in [0, 0.1) is 6.92 Å². The topological polar surface area (TPSA) is 60.4 Å². The Bertz CT molecular complexity index is 1280. The molecule has 0 aromatic heterocycles. The summed E-state index contributed by atoms with van der Waals surface area (Å²) in [5.74, 6) is 2.09. The lowest BCUT2D eigenvalue weighted by atomic mass is 10.1. The molecule has 1 aliphatic rings. The van der Waals surface area contributed by atoms with Crippen LogP contribution in [0.3, 0.4) is 0 Å². The van der Waals surface area contributed by atoms with Gasteiger partial charge in [-0.1, -0.05) is 34.1 Å². The van der Waals surface area contributed by atoms with Gasteiger partial charge < -0.3 is 14.2 Å². The molecule has 0 N–H and O–H groups in total. The molecule has 0 aliphatic carbocycles. The SMILES string of the molecule is COc1ccccc1/C=C1\N=C(c2ccc(OC)c(OC)c2)N(c2ccc(Br)c(C)c2)C1=O. The lowest BCUT2D eigenvalue weighted by Crippen LogP contribution is -2.32. The number of amidine groups is 1. The second-order valence-electron chi connectivity index (χ2n) is 7.35. The van der Waals surface area contributed by atoms with Gasteiger partial charge in [0.2, 0.25) is 0 Å². The molecule has 1 aliphatic heterocycles. The van der Waals surface area contributed by atoms with Crippen LogP contribution in [0.2, 0.25) is 0 Å². The number of methoxy groups -OCH3 is 3. The normalized spacial score (nSPS) is 14.5. The first-order chi connectivity index (χ1) is 16.0. The third-order valence-corrected chi connectivity index (χ3v) is 6.22. The van der Waals surface area contributed by atoms with Crippen LogP contribution in [0.5, 0.6) is 17.2 Å². The highest BCUT2D eigenvalue weighted by atomic mass is 79.9. The van der Waals surface area contributed by atoms with E-state index in [1.165, 1.54) is 0 Å². The molecule has 7 heteroatoms. The van der Waals surface area contributed by atoms with E-state index < -0.39 is 0 Å². The molecule has 0 fully saturated rings. The number of anilines is 1. The Kier molecular flexibility index (Phi) is 6.51. The van der Waals surface area contributed by atoms with Crippen molar-refractivity contribution < 1.29 is 19.0 Å². The van der Waals surface area contributed by atoms with E-state index in [-0.39, 0.29) is 5.91 Å². The van der Waals surface area contributed by atoms with E-state index in [2.05, 4.69) is 15.9 Å². The molecule has 1 heterocycles. The molecule has 0 unspecified atom stereocenters. The van der Waals surface area contributed by atoms with Gasteiger partial charge in [-0.15, -0.1) is 0 Å². The molecule has 0 atom stereocenters. The first-order valence-electron chi connectivity index (χ1n) is 10.2. The van der Waals surface area contributed by atoms with Crippen molar-refractivity contribution in [3.05, 3.63) is 87.5 Å². The lowest BCUT2D eigenvalue weighted by Gasteiger charge is -2.20. The number of rotatable bonds is 6. The number of aryl methyl sites for hydroxylation is 1. The summed E-state index contributed by atoms with van der Waals surface area (Å²) < 4.78 is 17.2. The second-order valence-corrected chi connectivity index (χ2v) is 8.21. The Hall–Kier alpha value is -3.58. The van der Waals surface area contributed by atoms with Crippen LogP contribution in [-0.2, 0) is 4.79 Å². The summed E-state index contributed by atoms with van der Waals surface area (Å²) in [6.45, 7) is 1.98. The van der Waals surface area contributed by atoms with Gasteiger partial charge in [0.05, 0.1) is 27.0 Å². The minimum Gasteiger partial charge on any atom is -0.496 e. The van der Waals surface area contributed by atoms with E-state index in [4.69, 9.17) is 19.2 Å². The Labute approximate surface area is 201 Å². The first-order valence-corrected chi connectivity index (χ1v) is 11.0. The van der Waals surface area contributed by atoms with Crippen molar-refractivity contribution >= 4 is 39.4 Å². The minimum atomic E-state index is -0.229. The standard InChI is InChI=1S/C26H23BrN2O4/c1-16-13-19(10-11-20(16)27)29-25(18-9-12-23(32-3)24(15-18)33-4)28-21(26(29)30)14-17-7-5-6-8-22(17)31-2/h5-15H,1-4H3/b21-14-. The predicted molar refractivity (Wildman–Crippen MR) is 133 cm³/mol. The fourth-order valence-electron chi connectivity index (χ4n) is 3.63. The Balaban J connectivity index is 1.88. The molecule has 3 aromatic carbocycles. The lowest BCUT2D eigenvalue weighted by molar-refractivity contribution is -0.113. The maximum atomic E-state index is 13.6. The van der Waals surface area contributed by atoms with Crippen LogP contribution < -0.4 is 19.1 Å². The van der Waals surface area contributed by atoms with Gasteiger partial charge in [-0.25, -0.2) is 4.99 Å². The summed E-state index contributed by atoms with van der Waals surface area (Å²) >= 11 is 3.53. The Morgan fingerprint density at radius 1 is 0.879 bits per heavy atom. The third-order valence-electron chi connectivity index (χ3n) is 5.33. The molecule has 0 bridgehead atoms. The van der Waals surface area contributed by atoms with Crippen molar-refractivity contribution in [2.75, 3.05) is 26.2 Å². The molecule has 0 saturated heterocycles. The van der Waals surface area contributed by atoms with Gasteiger partial charge in [0.25, 0.3) is 5.91 Å². The van der Waals surface area contributed by atoms with Crippen molar-refractivity contribution in [1.29, 1.82) is 0 Å². The smallest absolute Gasteiger partial charge is 0.282 e. The summed E-state index contributed by atoms with van der Waals surface area (Å²) in [5, 5.41) is 0. The fraction of sp³-hybridized carbons (Fsp3) is 0.154. The third kappa shape index (κ3) is 4.36. The average molecular weight is 507 g/mol. The van der Waals surface area contributed by atoms with Crippen molar-refractivity contribution in [3.63, 3.8) is 0 Å². The van der Waals surface area contributed by atoms with Crippen molar-refractivity contribution in [3.8, 4) is 17.2 Å². The van der Waals surface area contributed by atoms with E-state index in [9.17, 15) is 4.79 Å². The largest absolute Gasteiger partial charge is 0.496 e. The van der Waals surface area contributed by atoms with E-state index in [1.54, 1.807) is 38.4 Å². The second kappa shape index (κ2) is 9.50. The predicted octanol–water partition coefficient (Wildman–Crippen LogP) is 5.62. The number of benzene rings is 3. The molecule has 4 rings (SSSR count). The molecule has 6 nitrogen and oxygen atoms in total. The van der Waals surface area contributed by atoms with Gasteiger partial charge in [0.1, 0.15) is 17.3 Å². The van der Waals surface area contributed by atoms with E-state index in [0.717, 1.165) is 26.9 Å². The quantitative estimate of drug-likeness (QED) is 0.407. The van der Waals surface area contributed by atoms with E-state index in [1.807, 2.05) is 61.5 Å². The number of carbonyl (C=O) groups is 1. The number of amides is 1. The van der Waals surface area contributed by atoms with Gasteiger partial charge in [-0.05, 0) is 61.0 Å². The van der Waals surface area contributed by atoms with E-state index in [0.29, 0.717) is 28.8 Å². The molecule has 0 spiro atoms. The zero-order valence-corrected chi connectivity index (χ0v) is 20.3. The first kappa shape index (κ1) is 22.6. The Morgan fingerprint density at radius 3 is 2.30 bits per heavy atom. The highest BCUT2D eigenvalue weighted by Gasteiger charge is 2.33. The number of hydrogen-bond acceptors (Lipinski definition) is 5. The molecule has 1 amide bonds. The van der Waals surface area contributed by atoms with Crippen LogP contribution in [0.1, 0.15) is 16.7 Å². The van der Waals surface area contributed by atoms with E-state index >= 15 is 0 Å². The molecular weight excluding hydrogens is 484 g/mol. The maximum Gasteiger partial charge on any atom is 0.282 e. The molecule has 3 aromatic rings. The van der Waals surface area contributed by atoms with Crippen LogP contribution in [0.25, 0.3) is 6.08 Å². The van der Waals surface area contributed by atoms with Crippen LogP contribution in [-0.4, -0.2) is 33.1 Å². The van der Waals surface area contributed by atoms with Gasteiger partial charge in [0, 0.05) is 15.6 Å². The molecule has 0 saturated carbocycles. The monoisotopic (exact) mass is 506 g/mol. The van der Waals surface area contributed by atoms with Crippen molar-refractivity contribution in [1.82, 2.24) is 0 Å². The van der Waals surface area contributed by atoms with Crippen molar-refractivity contribution in [2.45, 2.75) is 6.92 Å². The number of para-hydroxylation sites is 1. The molecule has 0 radical (unpaired) electrons. The highest BCUT2D eigenvalue weighted by Crippen LogP contribution is 2.34. The summed E-state index contributed by atoms with van der Waals surface area (Å²) in [4.78, 5) is 20.0. The van der Waals surface area contributed by atoms with Crippen LogP contribution in [0.4, 0.5) is 5.69 Å².